The summed E-state index contributed by atoms with van der Waals surface area (Å²) in [7, 11) is 1.68. The van der Waals surface area contributed by atoms with Crippen molar-refractivity contribution in [1.29, 1.82) is 0 Å². The first-order valence-corrected chi connectivity index (χ1v) is 6.42. The second kappa shape index (κ2) is 7.36. The summed E-state index contributed by atoms with van der Waals surface area (Å²) in [6.45, 7) is 4.59. The molecular weight excluding hydrogens is 230 g/mol. The van der Waals surface area contributed by atoms with E-state index in [1.807, 2.05) is 0 Å². The van der Waals surface area contributed by atoms with Gasteiger partial charge in [0, 0.05) is 26.6 Å². The van der Waals surface area contributed by atoms with E-state index < -0.39 is 0 Å². The molecule has 0 aliphatic carbocycles. The maximum atomic E-state index is 5.48. The van der Waals surface area contributed by atoms with Crippen LogP contribution in [0.1, 0.15) is 11.1 Å². The third kappa shape index (κ3) is 3.98. The second-order valence-electron chi connectivity index (χ2n) is 4.32. The maximum absolute atomic E-state index is 5.48. The highest BCUT2D eigenvalue weighted by Crippen LogP contribution is 2.25. The van der Waals surface area contributed by atoms with Crippen LogP contribution in [0.2, 0.25) is 0 Å². The Morgan fingerprint density at radius 3 is 3.11 bits per heavy atom. The summed E-state index contributed by atoms with van der Waals surface area (Å²) >= 11 is 0. The van der Waals surface area contributed by atoms with E-state index in [0.29, 0.717) is 13.2 Å². The molecule has 0 amide bonds. The summed E-state index contributed by atoms with van der Waals surface area (Å²) in [6.07, 6.45) is 1.03. The topological polar surface area (TPSA) is 39.7 Å². The van der Waals surface area contributed by atoms with E-state index in [9.17, 15) is 0 Å². The number of hydrogen-bond acceptors (Lipinski definition) is 4. The number of benzene rings is 1. The standard InChI is InChI=1S/C14H21NO3/c1-16-8-9-17-7-5-15-11-12-2-3-14-13(10-12)4-6-18-14/h2-3,10,15H,4-9,11H2,1H3. The van der Waals surface area contributed by atoms with E-state index in [1.54, 1.807) is 7.11 Å². The van der Waals surface area contributed by atoms with Crippen LogP contribution < -0.4 is 10.1 Å². The maximum Gasteiger partial charge on any atom is 0.122 e. The molecule has 1 aromatic carbocycles. The van der Waals surface area contributed by atoms with Crippen LogP contribution >= 0.6 is 0 Å². The molecule has 0 saturated carbocycles. The molecule has 4 heteroatoms. The molecule has 18 heavy (non-hydrogen) atoms. The lowest BCUT2D eigenvalue weighted by atomic mass is 10.1. The number of rotatable bonds is 8. The van der Waals surface area contributed by atoms with Crippen LogP contribution in [0.3, 0.4) is 0 Å². The molecular formula is C14H21NO3. The molecule has 0 radical (unpaired) electrons. The molecule has 1 aliphatic rings. The first-order valence-electron chi connectivity index (χ1n) is 6.42. The van der Waals surface area contributed by atoms with Crippen molar-refractivity contribution in [2.45, 2.75) is 13.0 Å². The van der Waals surface area contributed by atoms with Gasteiger partial charge in [-0.3, -0.25) is 0 Å². The first-order chi connectivity index (χ1) is 8.90. The highest BCUT2D eigenvalue weighted by Gasteiger charge is 2.11. The van der Waals surface area contributed by atoms with Gasteiger partial charge in [0.15, 0.2) is 0 Å². The van der Waals surface area contributed by atoms with E-state index in [4.69, 9.17) is 14.2 Å². The van der Waals surface area contributed by atoms with Crippen LogP contribution in [0.25, 0.3) is 0 Å². The van der Waals surface area contributed by atoms with Crippen LogP contribution in [-0.4, -0.2) is 40.1 Å². The molecule has 0 spiro atoms. The largest absolute Gasteiger partial charge is 0.493 e. The zero-order valence-electron chi connectivity index (χ0n) is 10.9. The van der Waals surface area contributed by atoms with Gasteiger partial charge in [-0.1, -0.05) is 12.1 Å². The van der Waals surface area contributed by atoms with Crippen LogP contribution in [-0.2, 0) is 22.4 Å². The van der Waals surface area contributed by atoms with Gasteiger partial charge in [0.25, 0.3) is 0 Å². The van der Waals surface area contributed by atoms with E-state index in [-0.39, 0.29) is 0 Å². The lowest BCUT2D eigenvalue weighted by Gasteiger charge is -2.07. The summed E-state index contributed by atoms with van der Waals surface area (Å²) < 4.78 is 15.8. The number of ether oxygens (including phenoxy) is 3. The van der Waals surface area contributed by atoms with Gasteiger partial charge in [-0.05, 0) is 17.2 Å². The molecule has 0 fully saturated rings. The van der Waals surface area contributed by atoms with Crippen molar-refractivity contribution in [3.8, 4) is 5.75 Å². The lowest BCUT2D eigenvalue weighted by molar-refractivity contribution is 0.0719. The van der Waals surface area contributed by atoms with Gasteiger partial charge in [0.05, 0.1) is 26.4 Å². The van der Waals surface area contributed by atoms with Crippen molar-refractivity contribution in [1.82, 2.24) is 5.32 Å². The van der Waals surface area contributed by atoms with Crippen molar-refractivity contribution in [3.05, 3.63) is 29.3 Å². The smallest absolute Gasteiger partial charge is 0.122 e. The molecule has 0 aromatic heterocycles. The fourth-order valence-electron chi connectivity index (χ4n) is 1.97. The molecule has 100 valence electrons. The quantitative estimate of drug-likeness (QED) is 0.708. The zero-order valence-corrected chi connectivity index (χ0v) is 10.9. The first kappa shape index (κ1) is 13.3. The van der Waals surface area contributed by atoms with E-state index >= 15 is 0 Å². The number of methoxy groups -OCH3 is 1. The predicted molar refractivity (Wildman–Crippen MR) is 70.0 cm³/mol. The van der Waals surface area contributed by atoms with Crippen molar-refractivity contribution >= 4 is 0 Å². The molecule has 1 aliphatic heterocycles. The fourth-order valence-corrected chi connectivity index (χ4v) is 1.97. The Labute approximate surface area is 108 Å². The predicted octanol–water partition coefficient (Wildman–Crippen LogP) is 1.37. The SMILES string of the molecule is COCCOCCNCc1ccc2c(c1)CCO2. The fraction of sp³-hybridized carbons (Fsp3) is 0.571. The molecule has 4 nitrogen and oxygen atoms in total. The van der Waals surface area contributed by atoms with Gasteiger partial charge < -0.3 is 19.5 Å². The molecule has 0 atom stereocenters. The Morgan fingerprint density at radius 2 is 2.22 bits per heavy atom. The molecule has 0 bridgehead atoms. The van der Waals surface area contributed by atoms with Crippen LogP contribution in [0.5, 0.6) is 5.75 Å². The van der Waals surface area contributed by atoms with Crippen molar-refractivity contribution in [3.63, 3.8) is 0 Å². The molecule has 1 aromatic rings. The number of fused-ring (bicyclic) bond motifs is 1. The van der Waals surface area contributed by atoms with Crippen LogP contribution in [0.4, 0.5) is 0 Å². The minimum Gasteiger partial charge on any atom is -0.493 e. The Balaban J connectivity index is 1.62. The average Bonchev–Trinajstić information content (AvgIpc) is 2.85. The number of nitrogens with one attached hydrogen (secondary N) is 1. The summed E-state index contributed by atoms with van der Waals surface area (Å²) in [5, 5.41) is 3.36. The number of hydrogen-bond donors (Lipinski definition) is 1. The molecule has 1 heterocycles. The van der Waals surface area contributed by atoms with Gasteiger partial charge in [0.2, 0.25) is 0 Å². The van der Waals surface area contributed by atoms with E-state index in [2.05, 4.69) is 23.5 Å². The summed E-state index contributed by atoms with van der Waals surface area (Å²) in [5.41, 5.74) is 2.63. The van der Waals surface area contributed by atoms with E-state index in [0.717, 1.165) is 38.5 Å². The molecule has 0 unspecified atom stereocenters. The third-order valence-corrected chi connectivity index (χ3v) is 2.94. The van der Waals surface area contributed by atoms with Crippen molar-refractivity contribution < 1.29 is 14.2 Å². The normalized spacial score (nSPS) is 13.4. The highest BCUT2D eigenvalue weighted by molar-refractivity contribution is 5.39. The second-order valence-corrected chi connectivity index (χ2v) is 4.32. The van der Waals surface area contributed by atoms with Gasteiger partial charge >= 0.3 is 0 Å². The molecule has 0 saturated heterocycles. The summed E-state index contributed by atoms with van der Waals surface area (Å²) in [6, 6.07) is 6.40. The van der Waals surface area contributed by atoms with Crippen LogP contribution in [0.15, 0.2) is 18.2 Å². The van der Waals surface area contributed by atoms with Gasteiger partial charge in [-0.2, -0.15) is 0 Å². The van der Waals surface area contributed by atoms with Crippen molar-refractivity contribution in [2.24, 2.45) is 0 Å². The van der Waals surface area contributed by atoms with Gasteiger partial charge in [0.1, 0.15) is 5.75 Å². The minimum absolute atomic E-state index is 0.658. The Morgan fingerprint density at radius 1 is 1.28 bits per heavy atom. The monoisotopic (exact) mass is 251 g/mol. The Bertz CT molecular complexity index is 368. The highest BCUT2D eigenvalue weighted by atomic mass is 16.5. The third-order valence-electron chi connectivity index (χ3n) is 2.94. The van der Waals surface area contributed by atoms with Gasteiger partial charge in [-0.15, -0.1) is 0 Å². The van der Waals surface area contributed by atoms with Crippen LogP contribution in [0, 0.1) is 0 Å². The lowest BCUT2D eigenvalue weighted by Crippen LogP contribution is -2.20. The average molecular weight is 251 g/mol. The van der Waals surface area contributed by atoms with Crippen molar-refractivity contribution in [2.75, 3.05) is 40.1 Å². The molecule has 1 N–H and O–H groups in total. The Kier molecular flexibility index (Phi) is 5.45. The summed E-state index contributed by atoms with van der Waals surface area (Å²) in [4.78, 5) is 0. The minimum atomic E-state index is 0.658. The van der Waals surface area contributed by atoms with Gasteiger partial charge in [-0.25, -0.2) is 0 Å². The summed E-state index contributed by atoms with van der Waals surface area (Å²) in [5.74, 6) is 1.04. The Hall–Kier alpha value is -1.10. The zero-order chi connectivity index (χ0) is 12.6. The van der Waals surface area contributed by atoms with E-state index in [1.165, 1.54) is 11.1 Å². The molecule has 2 rings (SSSR count).